The number of piperazine rings is 1. The number of anilines is 3. The summed E-state index contributed by atoms with van der Waals surface area (Å²) in [5.41, 5.74) is 5.63. The molecule has 2 aromatic heterocycles. The third kappa shape index (κ3) is 6.04. The molecule has 1 atom stereocenters. The Morgan fingerprint density at radius 2 is 1.73 bits per heavy atom. The van der Waals surface area contributed by atoms with E-state index in [1.54, 1.807) is 50.2 Å². The molecule has 3 heterocycles. The topological polar surface area (TPSA) is 150 Å². The number of aliphatic hydroxyl groups is 1. The Hall–Kier alpha value is -2.78. The van der Waals surface area contributed by atoms with Crippen LogP contribution in [0, 0.1) is 0 Å². The summed E-state index contributed by atoms with van der Waals surface area (Å²) in [6.07, 6.45) is 4.15. The van der Waals surface area contributed by atoms with Crippen LogP contribution in [0.4, 0.5) is 16.6 Å². The first kappa shape index (κ1) is 27.3. The van der Waals surface area contributed by atoms with Crippen molar-refractivity contribution in [2.45, 2.75) is 29.7 Å². The number of sulfonamides is 2. The summed E-state index contributed by atoms with van der Waals surface area (Å²) < 4.78 is 55.1. The van der Waals surface area contributed by atoms with E-state index in [1.807, 2.05) is 4.90 Å². The summed E-state index contributed by atoms with van der Waals surface area (Å²) in [5.74, 6) is 0.317. The number of hydrogen-bond acceptors (Lipinski definition) is 10. The summed E-state index contributed by atoms with van der Waals surface area (Å²) in [5, 5.41) is 10.7. The van der Waals surface area contributed by atoms with Gasteiger partial charge in [0.25, 0.3) is 10.0 Å². The molecule has 1 saturated heterocycles. The molecule has 3 aromatic rings. The first-order chi connectivity index (χ1) is 17.3. The normalized spacial score (nSPS) is 17.6. The zero-order valence-electron chi connectivity index (χ0n) is 20.7. The van der Waals surface area contributed by atoms with Crippen LogP contribution in [0.5, 0.6) is 0 Å². The SMILES string of the molecule is CC(C)(O)c1cnc(N2CCN(S(=O)(=O)c3ccc(N)s3)C[C@@H]2CN(c2ccccc2)S(C)(=O)=O)nc1. The van der Waals surface area contributed by atoms with Gasteiger partial charge < -0.3 is 15.7 Å². The lowest BCUT2D eigenvalue weighted by Gasteiger charge is -2.42. The highest BCUT2D eigenvalue weighted by molar-refractivity contribution is 7.92. The molecule has 37 heavy (non-hydrogen) atoms. The van der Waals surface area contributed by atoms with Crippen molar-refractivity contribution in [3.8, 4) is 0 Å². The maximum absolute atomic E-state index is 13.4. The van der Waals surface area contributed by atoms with Gasteiger partial charge in [-0.25, -0.2) is 26.8 Å². The second kappa shape index (κ2) is 10.2. The first-order valence-electron chi connectivity index (χ1n) is 11.5. The minimum Gasteiger partial charge on any atom is -0.391 e. The van der Waals surface area contributed by atoms with Crippen molar-refractivity contribution < 1.29 is 21.9 Å². The fourth-order valence-electron chi connectivity index (χ4n) is 4.07. The van der Waals surface area contributed by atoms with Crippen molar-refractivity contribution in [3.05, 3.63) is 60.4 Å². The summed E-state index contributed by atoms with van der Waals surface area (Å²) in [6.45, 7) is 3.61. The lowest BCUT2D eigenvalue weighted by molar-refractivity contribution is 0.0778. The Bertz CT molecular complexity index is 1440. The fourth-order valence-corrected chi connectivity index (χ4v) is 7.73. The number of rotatable bonds is 8. The van der Waals surface area contributed by atoms with Gasteiger partial charge in [-0.1, -0.05) is 18.2 Å². The second-order valence-corrected chi connectivity index (χ2v) is 14.5. The molecule has 14 heteroatoms. The van der Waals surface area contributed by atoms with E-state index < -0.39 is 31.7 Å². The zero-order chi connectivity index (χ0) is 27.0. The van der Waals surface area contributed by atoms with Gasteiger partial charge in [0.05, 0.1) is 35.1 Å². The van der Waals surface area contributed by atoms with Gasteiger partial charge in [-0.15, -0.1) is 11.3 Å². The van der Waals surface area contributed by atoms with Crippen LogP contribution in [0.15, 0.2) is 59.1 Å². The largest absolute Gasteiger partial charge is 0.391 e. The minimum absolute atomic E-state index is 0.00952. The van der Waals surface area contributed by atoms with Gasteiger partial charge in [-0.2, -0.15) is 4.31 Å². The van der Waals surface area contributed by atoms with Crippen molar-refractivity contribution in [2.75, 3.05) is 47.4 Å². The third-order valence-electron chi connectivity index (χ3n) is 6.06. The number of hydrogen-bond donors (Lipinski definition) is 2. The summed E-state index contributed by atoms with van der Waals surface area (Å²) in [4.78, 5) is 10.6. The van der Waals surface area contributed by atoms with Gasteiger partial charge in [-0.3, -0.25) is 4.31 Å². The third-order valence-corrected chi connectivity index (χ3v) is 10.5. The number of thiophene rings is 1. The molecule has 0 spiro atoms. The van der Waals surface area contributed by atoms with Crippen LogP contribution >= 0.6 is 11.3 Å². The maximum Gasteiger partial charge on any atom is 0.252 e. The van der Waals surface area contributed by atoms with Gasteiger partial charge in [0.1, 0.15) is 4.21 Å². The molecule has 0 radical (unpaired) electrons. The molecule has 11 nitrogen and oxygen atoms in total. The zero-order valence-corrected chi connectivity index (χ0v) is 23.2. The molecule has 0 bridgehead atoms. The average molecular weight is 567 g/mol. The standard InChI is InChI=1S/C23H30N6O5S3/c1-23(2,30)17-13-25-22(26-14-17)28-12-11-27(37(33,34)21-10-9-20(24)35-21)15-19(28)16-29(36(3,31)32)18-7-5-4-6-8-18/h4-10,13-14,19,30H,11-12,15-16,24H2,1-3H3/t19-/m1/s1. The van der Waals surface area contributed by atoms with Crippen molar-refractivity contribution in [1.29, 1.82) is 0 Å². The van der Waals surface area contributed by atoms with Crippen LogP contribution in [0.1, 0.15) is 19.4 Å². The lowest BCUT2D eigenvalue weighted by atomic mass is 10.0. The van der Waals surface area contributed by atoms with Gasteiger partial charge in [0, 0.05) is 37.6 Å². The number of nitrogens with zero attached hydrogens (tertiary/aromatic N) is 5. The van der Waals surface area contributed by atoms with Gasteiger partial charge in [0.15, 0.2) is 0 Å². The number of para-hydroxylation sites is 1. The minimum atomic E-state index is -3.84. The number of benzene rings is 1. The van der Waals surface area contributed by atoms with E-state index in [1.165, 1.54) is 27.1 Å². The Balaban J connectivity index is 1.71. The Kier molecular flexibility index (Phi) is 7.50. The van der Waals surface area contributed by atoms with Crippen molar-refractivity contribution >= 4 is 48.0 Å². The molecule has 200 valence electrons. The highest BCUT2D eigenvalue weighted by Gasteiger charge is 2.38. The lowest BCUT2D eigenvalue weighted by Crippen LogP contribution is -2.59. The maximum atomic E-state index is 13.4. The van der Waals surface area contributed by atoms with E-state index in [9.17, 15) is 21.9 Å². The van der Waals surface area contributed by atoms with Crippen LogP contribution in [0.25, 0.3) is 0 Å². The Morgan fingerprint density at radius 1 is 1.08 bits per heavy atom. The van der Waals surface area contributed by atoms with Crippen molar-refractivity contribution in [2.24, 2.45) is 0 Å². The monoisotopic (exact) mass is 566 g/mol. The van der Waals surface area contributed by atoms with E-state index >= 15 is 0 Å². The first-order valence-corrected chi connectivity index (χ1v) is 15.6. The molecule has 3 N–H and O–H groups in total. The molecule has 1 aliphatic heterocycles. The average Bonchev–Trinajstić information content (AvgIpc) is 3.29. The Morgan fingerprint density at radius 3 is 2.27 bits per heavy atom. The van der Waals surface area contributed by atoms with Gasteiger partial charge in [0.2, 0.25) is 16.0 Å². The van der Waals surface area contributed by atoms with E-state index in [2.05, 4.69) is 9.97 Å². The second-order valence-electron chi connectivity index (χ2n) is 9.33. The van der Waals surface area contributed by atoms with Crippen LogP contribution in [-0.4, -0.2) is 74.7 Å². The van der Waals surface area contributed by atoms with Crippen molar-refractivity contribution in [3.63, 3.8) is 0 Å². The fraction of sp³-hybridized carbons (Fsp3) is 0.391. The van der Waals surface area contributed by atoms with Crippen LogP contribution in [0.3, 0.4) is 0 Å². The van der Waals surface area contributed by atoms with Crippen LogP contribution in [-0.2, 0) is 25.6 Å². The van der Waals surface area contributed by atoms with E-state index in [0.29, 0.717) is 22.2 Å². The molecular formula is C23H30N6O5S3. The predicted molar refractivity (Wildman–Crippen MR) is 145 cm³/mol. The van der Waals surface area contributed by atoms with E-state index in [-0.39, 0.29) is 30.4 Å². The van der Waals surface area contributed by atoms with Crippen LogP contribution in [0.2, 0.25) is 0 Å². The van der Waals surface area contributed by atoms with E-state index in [0.717, 1.165) is 17.6 Å². The van der Waals surface area contributed by atoms with Crippen molar-refractivity contribution in [1.82, 2.24) is 14.3 Å². The summed E-state index contributed by atoms with van der Waals surface area (Å²) in [6, 6.07) is 11.0. The smallest absolute Gasteiger partial charge is 0.252 e. The number of nitrogens with two attached hydrogens (primary N) is 1. The molecule has 4 rings (SSSR count). The highest BCUT2D eigenvalue weighted by atomic mass is 32.2. The van der Waals surface area contributed by atoms with Gasteiger partial charge in [-0.05, 0) is 38.1 Å². The predicted octanol–water partition coefficient (Wildman–Crippen LogP) is 1.69. The van der Waals surface area contributed by atoms with Gasteiger partial charge >= 0.3 is 0 Å². The quantitative estimate of drug-likeness (QED) is 0.415. The molecule has 0 unspecified atom stereocenters. The summed E-state index contributed by atoms with van der Waals surface area (Å²) >= 11 is 0.985. The molecule has 1 aromatic carbocycles. The number of nitrogen functional groups attached to an aromatic ring is 1. The molecule has 0 amide bonds. The van der Waals surface area contributed by atoms with Crippen LogP contribution < -0.4 is 14.9 Å². The number of aromatic nitrogens is 2. The molecule has 0 saturated carbocycles. The summed E-state index contributed by atoms with van der Waals surface area (Å²) in [7, 11) is -7.54. The molecule has 0 aliphatic carbocycles. The highest BCUT2D eigenvalue weighted by Crippen LogP contribution is 2.30. The van der Waals surface area contributed by atoms with E-state index in [4.69, 9.17) is 5.73 Å². The molecular weight excluding hydrogens is 536 g/mol. The Labute approximate surface area is 221 Å². The molecule has 1 fully saturated rings. The molecule has 1 aliphatic rings.